The summed E-state index contributed by atoms with van der Waals surface area (Å²) in [5.74, 6) is -2.77. The number of nitrogens with zero attached hydrogens (tertiary/aromatic N) is 3. The largest absolute Gasteiger partial charge is 0.383 e. The van der Waals surface area contributed by atoms with E-state index in [1.54, 1.807) is 24.3 Å². The molecule has 1 aromatic heterocycles. The number of rotatable bonds is 8. The number of likely N-dealkylation sites (N-methyl/N-ethyl adjacent to an activating group) is 1. The number of amides is 1. The average Bonchev–Trinajstić information content (AvgIpc) is 3.08. The first-order chi connectivity index (χ1) is 17.1. The van der Waals surface area contributed by atoms with E-state index >= 15 is 0 Å². The molecular formula is C24H22F2N4O5S. The Bertz CT molecular complexity index is 1450. The highest BCUT2D eigenvalue weighted by Gasteiger charge is 2.49. The van der Waals surface area contributed by atoms with Gasteiger partial charge in [0, 0.05) is 19.7 Å². The molecule has 1 aliphatic heterocycles. The molecule has 36 heavy (non-hydrogen) atoms. The molecule has 2 aromatic carbocycles. The van der Waals surface area contributed by atoms with Crippen LogP contribution in [0.3, 0.4) is 0 Å². The molecule has 188 valence electrons. The monoisotopic (exact) mass is 516 g/mol. The number of ether oxygens (including phenoxy) is 1. The third-order valence-corrected chi connectivity index (χ3v) is 6.79. The van der Waals surface area contributed by atoms with Crippen LogP contribution < -0.4 is 9.92 Å². The van der Waals surface area contributed by atoms with Crippen molar-refractivity contribution in [3.8, 4) is 16.9 Å². The lowest BCUT2D eigenvalue weighted by Crippen LogP contribution is -2.41. The van der Waals surface area contributed by atoms with Crippen molar-refractivity contribution in [3.05, 3.63) is 83.7 Å². The Morgan fingerprint density at radius 3 is 2.39 bits per heavy atom. The quantitative estimate of drug-likeness (QED) is 0.360. The van der Waals surface area contributed by atoms with E-state index in [0.29, 0.717) is 16.7 Å². The van der Waals surface area contributed by atoms with Crippen LogP contribution in [-0.2, 0) is 25.2 Å². The normalized spacial score (nSPS) is 17.8. The molecular weight excluding hydrogens is 494 g/mol. The van der Waals surface area contributed by atoms with E-state index in [-0.39, 0.29) is 29.6 Å². The fourth-order valence-electron chi connectivity index (χ4n) is 3.85. The summed E-state index contributed by atoms with van der Waals surface area (Å²) in [6.45, 7) is -0.0289. The Balaban J connectivity index is 1.79. The number of pyridine rings is 1. The summed E-state index contributed by atoms with van der Waals surface area (Å²) in [5.41, 5.74) is 5.48. The minimum Gasteiger partial charge on any atom is -0.383 e. The molecule has 0 radical (unpaired) electrons. The second kappa shape index (κ2) is 9.63. The Morgan fingerprint density at radius 1 is 1.06 bits per heavy atom. The van der Waals surface area contributed by atoms with Gasteiger partial charge in [0.15, 0.2) is 11.5 Å². The molecule has 2 N–H and O–H groups in total. The van der Waals surface area contributed by atoms with E-state index in [0.717, 1.165) is 6.07 Å². The number of hydrogen-bond donors (Lipinski definition) is 1. The van der Waals surface area contributed by atoms with E-state index in [4.69, 9.17) is 14.7 Å². The molecule has 0 aliphatic carbocycles. The zero-order chi connectivity index (χ0) is 26.1. The van der Waals surface area contributed by atoms with Crippen LogP contribution in [0.1, 0.15) is 11.1 Å². The van der Waals surface area contributed by atoms with Gasteiger partial charge in [0.1, 0.15) is 11.5 Å². The summed E-state index contributed by atoms with van der Waals surface area (Å²) in [6, 6.07) is 14.4. The van der Waals surface area contributed by atoms with Crippen molar-refractivity contribution in [3.63, 3.8) is 0 Å². The minimum atomic E-state index is -3.88. The first kappa shape index (κ1) is 25.2. The van der Waals surface area contributed by atoms with Gasteiger partial charge in [0.2, 0.25) is 11.9 Å². The highest BCUT2D eigenvalue weighted by atomic mass is 32.2. The second-order valence-electron chi connectivity index (χ2n) is 7.96. The van der Waals surface area contributed by atoms with Crippen LogP contribution in [0.5, 0.6) is 5.75 Å². The van der Waals surface area contributed by atoms with Crippen molar-refractivity contribution in [1.29, 1.82) is 0 Å². The molecule has 0 spiro atoms. The zero-order valence-corrected chi connectivity index (χ0v) is 20.1. The van der Waals surface area contributed by atoms with Crippen LogP contribution >= 0.6 is 0 Å². The molecule has 4 rings (SSSR count). The molecule has 12 heteroatoms. The molecule has 0 saturated carbocycles. The van der Waals surface area contributed by atoms with Crippen LogP contribution in [-0.4, -0.2) is 56.7 Å². The highest BCUT2D eigenvalue weighted by molar-refractivity contribution is 7.87. The summed E-state index contributed by atoms with van der Waals surface area (Å²) < 4.78 is 61.7. The van der Waals surface area contributed by atoms with Crippen molar-refractivity contribution in [2.75, 3.05) is 26.5 Å². The van der Waals surface area contributed by atoms with Gasteiger partial charge >= 0.3 is 10.1 Å². The standard InChI is InChI=1S/C24H22F2N4O5S/c1-30-22(31)24(29-23(30)27,16-6-8-18(9-7-16)35-36(32,33)13-12-34-2)17-5-3-4-15(14-17)19-10-11-20(25)28-21(19)26/h3-11,14H,12-13H2,1-2H3,(H2,27,29). The first-order valence-corrected chi connectivity index (χ1v) is 12.2. The maximum Gasteiger partial charge on any atom is 0.311 e. The Hall–Kier alpha value is -3.90. The molecule has 1 aliphatic rings. The molecule has 1 amide bonds. The molecule has 0 saturated heterocycles. The molecule has 0 fully saturated rings. The van der Waals surface area contributed by atoms with E-state index in [9.17, 15) is 22.0 Å². The summed E-state index contributed by atoms with van der Waals surface area (Å²) in [7, 11) is -1.04. The fourth-order valence-corrected chi connectivity index (χ4v) is 4.71. The van der Waals surface area contributed by atoms with Crippen LogP contribution in [0.2, 0.25) is 0 Å². The van der Waals surface area contributed by atoms with Crippen molar-refractivity contribution in [2.45, 2.75) is 5.54 Å². The maximum absolute atomic E-state index is 14.4. The van der Waals surface area contributed by atoms with Crippen molar-refractivity contribution < 1.29 is 30.9 Å². The number of hydrogen-bond acceptors (Lipinski definition) is 8. The van der Waals surface area contributed by atoms with Gasteiger partial charge in [-0.1, -0.05) is 30.3 Å². The number of aliphatic imine (C=N–C) groups is 1. The van der Waals surface area contributed by atoms with Crippen molar-refractivity contribution in [1.82, 2.24) is 9.88 Å². The van der Waals surface area contributed by atoms with Gasteiger partial charge in [-0.25, -0.2) is 4.99 Å². The Kier molecular flexibility index (Phi) is 6.74. The summed E-state index contributed by atoms with van der Waals surface area (Å²) >= 11 is 0. The van der Waals surface area contributed by atoms with Gasteiger partial charge in [0.25, 0.3) is 5.91 Å². The number of carbonyl (C=O) groups is 1. The molecule has 3 aromatic rings. The number of aromatic nitrogens is 1. The van der Waals surface area contributed by atoms with Gasteiger partial charge in [-0.2, -0.15) is 22.2 Å². The third-order valence-electron chi connectivity index (χ3n) is 5.68. The highest BCUT2D eigenvalue weighted by Crippen LogP contribution is 2.41. The third kappa shape index (κ3) is 4.64. The predicted molar refractivity (Wildman–Crippen MR) is 127 cm³/mol. The molecule has 9 nitrogen and oxygen atoms in total. The van der Waals surface area contributed by atoms with E-state index < -0.39 is 33.5 Å². The fraction of sp³-hybridized carbons (Fsp3) is 0.208. The smallest absolute Gasteiger partial charge is 0.311 e. The topological polar surface area (TPSA) is 124 Å². The van der Waals surface area contributed by atoms with Crippen molar-refractivity contribution in [2.24, 2.45) is 10.7 Å². The van der Waals surface area contributed by atoms with Gasteiger partial charge in [-0.15, -0.1) is 0 Å². The number of guanidine groups is 1. The lowest BCUT2D eigenvalue weighted by molar-refractivity contribution is -0.129. The van der Waals surface area contributed by atoms with E-state index in [2.05, 4.69) is 9.98 Å². The summed E-state index contributed by atoms with van der Waals surface area (Å²) in [5, 5.41) is 0. The number of nitrogens with two attached hydrogens (primary N) is 1. The van der Waals surface area contributed by atoms with Crippen LogP contribution in [0.15, 0.2) is 65.7 Å². The van der Waals surface area contributed by atoms with E-state index in [1.807, 2.05) is 0 Å². The number of methoxy groups -OCH3 is 1. The lowest BCUT2D eigenvalue weighted by atomic mass is 9.81. The second-order valence-corrected chi connectivity index (χ2v) is 9.65. The lowest BCUT2D eigenvalue weighted by Gasteiger charge is -2.26. The molecule has 2 heterocycles. The Morgan fingerprint density at radius 2 is 1.78 bits per heavy atom. The van der Waals surface area contributed by atoms with Crippen LogP contribution in [0.25, 0.3) is 11.1 Å². The maximum atomic E-state index is 14.4. The number of halogens is 2. The van der Waals surface area contributed by atoms with Crippen LogP contribution in [0, 0.1) is 11.9 Å². The van der Waals surface area contributed by atoms with Gasteiger partial charge in [-0.3, -0.25) is 9.69 Å². The molecule has 0 bridgehead atoms. The van der Waals surface area contributed by atoms with Gasteiger partial charge < -0.3 is 14.7 Å². The van der Waals surface area contributed by atoms with Gasteiger partial charge in [-0.05, 0) is 47.0 Å². The Labute approximate surface area is 206 Å². The number of carbonyl (C=O) groups excluding carboxylic acids is 1. The minimum absolute atomic E-state index is 0.0289. The number of benzene rings is 2. The molecule has 1 unspecified atom stereocenters. The zero-order valence-electron chi connectivity index (χ0n) is 19.3. The summed E-state index contributed by atoms with van der Waals surface area (Å²) in [4.78, 5) is 22.4. The van der Waals surface area contributed by atoms with Crippen LogP contribution in [0.4, 0.5) is 8.78 Å². The average molecular weight is 517 g/mol. The first-order valence-electron chi connectivity index (χ1n) is 10.7. The predicted octanol–water partition coefficient (Wildman–Crippen LogP) is 2.41. The SMILES string of the molecule is COCCS(=O)(=O)Oc1ccc(C2(c3cccc(-c4ccc(F)nc4F)c3)N=C(N)N(C)C2=O)cc1. The molecule has 1 atom stereocenters. The van der Waals surface area contributed by atoms with E-state index in [1.165, 1.54) is 49.4 Å². The summed E-state index contributed by atoms with van der Waals surface area (Å²) in [6.07, 6.45) is 0. The van der Waals surface area contributed by atoms with Gasteiger partial charge in [0.05, 0.1) is 6.61 Å². The van der Waals surface area contributed by atoms with Crippen molar-refractivity contribution >= 4 is 22.0 Å².